The number of oxime groups is 1. The summed E-state index contributed by atoms with van der Waals surface area (Å²) >= 11 is 0. The molecule has 0 aliphatic rings. The van der Waals surface area contributed by atoms with E-state index in [2.05, 4.69) is 10.3 Å². The Morgan fingerprint density at radius 1 is 1.53 bits per heavy atom. The summed E-state index contributed by atoms with van der Waals surface area (Å²) in [6, 6.07) is 7.58. The molecule has 1 heterocycles. The Balaban J connectivity index is 2.26. The molecule has 0 bridgehead atoms. The Morgan fingerprint density at radius 2 is 2.35 bits per heavy atom. The van der Waals surface area contributed by atoms with Crippen molar-refractivity contribution in [2.45, 2.75) is 13.5 Å². The summed E-state index contributed by atoms with van der Waals surface area (Å²) in [6.07, 6.45) is 3.66. The van der Waals surface area contributed by atoms with Gasteiger partial charge >= 0.3 is 0 Å². The maximum absolute atomic E-state index is 8.60. The molecule has 0 radical (unpaired) electrons. The molecule has 0 amide bonds. The monoisotopic (exact) mass is 230 g/mol. The van der Waals surface area contributed by atoms with E-state index < -0.39 is 0 Å². The molecule has 0 saturated carbocycles. The minimum Gasteiger partial charge on any atom is -0.409 e. The predicted molar refractivity (Wildman–Crippen MR) is 65.0 cm³/mol. The Bertz CT molecular complexity index is 531. The highest BCUT2D eigenvalue weighted by Crippen LogP contribution is 2.12. The van der Waals surface area contributed by atoms with Crippen LogP contribution in [0.5, 0.6) is 0 Å². The summed E-state index contributed by atoms with van der Waals surface area (Å²) in [7, 11) is 0. The van der Waals surface area contributed by atoms with Gasteiger partial charge in [-0.25, -0.2) is 0 Å². The summed E-state index contributed by atoms with van der Waals surface area (Å²) in [4.78, 5) is 0. The zero-order chi connectivity index (χ0) is 12.3. The molecule has 2 aromatic rings. The molecule has 5 heteroatoms. The number of amidine groups is 1. The lowest BCUT2D eigenvalue weighted by Crippen LogP contribution is -2.13. The average Bonchev–Trinajstić information content (AvgIpc) is 2.83. The van der Waals surface area contributed by atoms with Crippen molar-refractivity contribution in [3.8, 4) is 0 Å². The summed E-state index contributed by atoms with van der Waals surface area (Å²) in [6.45, 7) is 2.71. The first-order valence-corrected chi connectivity index (χ1v) is 5.25. The topological polar surface area (TPSA) is 76.4 Å². The summed E-state index contributed by atoms with van der Waals surface area (Å²) in [5.41, 5.74) is 8.49. The van der Waals surface area contributed by atoms with Gasteiger partial charge in [-0.05, 0) is 30.2 Å². The number of hydrogen-bond acceptors (Lipinski definition) is 3. The molecule has 1 aromatic heterocycles. The maximum atomic E-state index is 8.60. The van der Waals surface area contributed by atoms with Crippen molar-refractivity contribution in [3.63, 3.8) is 0 Å². The van der Waals surface area contributed by atoms with Crippen molar-refractivity contribution in [2.24, 2.45) is 10.9 Å². The minimum atomic E-state index is 0.124. The molecule has 2 rings (SSSR count). The van der Waals surface area contributed by atoms with E-state index >= 15 is 0 Å². The van der Waals surface area contributed by atoms with E-state index in [1.165, 1.54) is 0 Å². The Labute approximate surface area is 99.2 Å². The fraction of sp³-hybridized carbons (Fsp3) is 0.167. The van der Waals surface area contributed by atoms with Gasteiger partial charge in [0.15, 0.2) is 5.84 Å². The lowest BCUT2D eigenvalue weighted by atomic mass is 10.0. The Kier molecular flexibility index (Phi) is 3.09. The van der Waals surface area contributed by atoms with Crippen molar-refractivity contribution in [3.05, 3.63) is 53.3 Å². The van der Waals surface area contributed by atoms with Gasteiger partial charge in [-0.1, -0.05) is 17.3 Å². The van der Waals surface area contributed by atoms with Gasteiger partial charge in [0, 0.05) is 18.0 Å². The third kappa shape index (κ3) is 2.44. The maximum Gasteiger partial charge on any atom is 0.170 e. The number of benzene rings is 1. The molecule has 0 unspecified atom stereocenters. The van der Waals surface area contributed by atoms with Crippen LogP contribution < -0.4 is 5.73 Å². The molecule has 17 heavy (non-hydrogen) atoms. The molecule has 1 aromatic carbocycles. The number of aryl methyl sites for hydroxylation is 1. The van der Waals surface area contributed by atoms with Gasteiger partial charge in [0.25, 0.3) is 0 Å². The fourth-order valence-electron chi connectivity index (χ4n) is 1.66. The van der Waals surface area contributed by atoms with Crippen molar-refractivity contribution in [1.82, 2.24) is 9.78 Å². The first-order valence-electron chi connectivity index (χ1n) is 5.25. The summed E-state index contributed by atoms with van der Waals surface area (Å²) in [5.74, 6) is 0.124. The normalized spacial score (nSPS) is 11.7. The van der Waals surface area contributed by atoms with Crippen LogP contribution in [0.25, 0.3) is 0 Å². The molecule has 5 nitrogen and oxygen atoms in total. The molecule has 3 N–H and O–H groups in total. The van der Waals surface area contributed by atoms with Crippen molar-refractivity contribution >= 4 is 5.84 Å². The molecular formula is C12H14N4O. The van der Waals surface area contributed by atoms with Crippen LogP contribution in [0, 0.1) is 6.92 Å². The van der Waals surface area contributed by atoms with Gasteiger partial charge in [-0.2, -0.15) is 5.10 Å². The van der Waals surface area contributed by atoms with Crippen LogP contribution in [0.15, 0.2) is 41.8 Å². The lowest BCUT2D eigenvalue weighted by Gasteiger charge is -2.08. The van der Waals surface area contributed by atoms with Gasteiger partial charge in [0.05, 0.1) is 6.54 Å². The zero-order valence-corrected chi connectivity index (χ0v) is 9.54. The van der Waals surface area contributed by atoms with E-state index in [9.17, 15) is 0 Å². The van der Waals surface area contributed by atoms with Gasteiger partial charge in [-0.3, -0.25) is 4.68 Å². The highest BCUT2D eigenvalue weighted by molar-refractivity contribution is 5.97. The predicted octanol–water partition coefficient (Wildman–Crippen LogP) is 1.33. The molecule has 0 atom stereocenters. The van der Waals surface area contributed by atoms with Crippen LogP contribution in [-0.2, 0) is 6.54 Å². The highest BCUT2D eigenvalue weighted by atomic mass is 16.4. The van der Waals surface area contributed by atoms with Crippen LogP contribution >= 0.6 is 0 Å². The van der Waals surface area contributed by atoms with E-state index in [-0.39, 0.29) is 5.84 Å². The molecule has 0 saturated heterocycles. The number of nitrogens with zero attached hydrogens (tertiary/aromatic N) is 3. The highest BCUT2D eigenvalue weighted by Gasteiger charge is 2.04. The molecule has 88 valence electrons. The number of hydrogen-bond donors (Lipinski definition) is 2. The molecule has 0 aliphatic heterocycles. The van der Waals surface area contributed by atoms with Gasteiger partial charge < -0.3 is 10.9 Å². The van der Waals surface area contributed by atoms with Gasteiger partial charge in [-0.15, -0.1) is 0 Å². The van der Waals surface area contributed by atoms with E-state index in [0.29, 0.717) is 5.56 Å². The van der Waals surface area contributed by atoms with Crippen LogP contribution in [0.4, 0.5) is 0 Å². The Morgan fingerprint density at radius 3 is 2.94 bits per heavy atom. The molecule has 0 aliphatic carbocycles. The SMILES string of the molecule is Cc1cc(/C(N)=N/O)ccc1Cn1cccn1. The summed E-state index contributed by atoms with van der Waals surface area (Å²) < 4.78 is 1.85. The second-order valence-electron chi connectivity index (χ2n) is 3.83. The average molecular weight is 230 g/mol. The van der Waals surface area contributed by atoms with Crippen LogP contribution in [-0.4, -0.2) is 20.8 Å². The standard InChI is InChI=1S/C12H14N4O/c1-9-7-10(12(13)15-17)3-4-11(9)8-16-6-2-5-14-16/h2-7,17H,8H2,1H3,(H2,13,15). The van der Waals surface area contributed by atoms with Gasteiger partial charge in [0.2, 0.25) is 0 Å². The van der Waals surface area contributed by atoms with E-state index in [0.717, 1.165) is 17.7 Å². The third-order valence-electron chi connectivity index (χ3n) is 2.64. The Hall–Kier alpha value is -2.30. The number of aromatic nitrogens is 2. The lowest BCUT2D eigenvalue weighted by molar-refractivity contribution is 0.318. The van der Waals surface area contributed by atoms with Crippen LogP contribution in [0.1, 0.15) is 16.7 Å². The molecule has 0 fully saturated rings. The summed E-state index contributed by atoms with van der Waals surface area (Å²) in [5, 5.41) is 15.7. The van der Waals surface area contributed by atoms with Crippen molar-refractivity contribution in [1.29, 1.82) is 0 Å². The molecule has 0 spiro atoms. The van der Waals surface area contributed by atoms with E-state index in [4.69, 9.17) is 10.9 Å². The van der Waals surface area contributed by atoms with Crippen LogP contribution in [0.2, 0.25) is 0 Å². The first kappa shape index (κ1) is 11.2. The van der Waals surface area contributed by atoms with E-state index in [1.54, 1.807) is 6.20 Å². The first-order chi connectivity index (χ1) is 8.20. The zero-order valence-electron chi connectivity index (χ0n) is 9.54. The quantitative estimate of drug-likeness (QED) is 0.361. The largest absolute Gasteiger partial charge is 0.409 e. The van der Waals surface area contributed by atoms with E-state index in [1.807, 2.05) is 42.1 Å². The van der Waals surface area contributed by atoms with Gasteiger partial charge in [0.1, 0.15) is 0 Å². The van der Waals surface area contributed by atoms with Crippen LogP contribution in [0.3, 0.4) is 0 Å². The third-order valence-corrected chi connectivity index (χ3v) is 2.64. The number of rotatable bonds is 3. The van der Waals surface area contributed by atoms with Crippen molar-refractivity contribution in [2.75, 3.05) is 0 Å². The fourth-order valence-corrected chi connectivity index (χ4v) is 1.66. The smallest absolute Gasteiger partial charge is 0.170 e. The number of nitrogens with two attached hydrogens (primary N) is 1. The molecular weight excluding hydrogens is 216 g/mol. The second-order valence-corrected chi connectivity index (χ2v) is 3.83. The van der Waals surface area contributed by atoms with Crippen molar-refractivity contribution < 1.29 is 5.21 Å². The second kappa shape index (κ2) is 4.69. The minimum absolute atomic E-state index is 0.124.